The number of anilines is 1. The van der Waals surface area contributed by atoms with E-state index in [-0.39, 0.29) is 24.6 Å². The van der Waals surface area contributed by atoms with E-state index in [0.717, 1.165) is 16.7 Å². The number of nitrogens with zero attached hydrogens (tertiary/aromatic N) is 1. The van der Waals surface area contributed by atoms with Crippen LogP contribution in [0.25, 0.3) is 11.1 Å². The van der Waals surface area contributed by atoms with Crippen molar-refractivity contribution in [1.82, 2.24) is 4.90 Å². The SMILES string of the molecule is C=C(CN1Cc2c(-c3cccc(C(=O)OC)c3)ccc(N)c2C1=O)C(N)=O. The van der Waals surface area contributed by atoms with Crippen LogP contribution in [0.15, 0.2) is 48.6 Å². The van der Waals surface area contributed by atoms with Gasteiger partial charge in [-0.3, -0.25) is 9.59 Å². The molecule has 2 amide bonds. The summed E-state index contributed by atoms with van der Waals surface area (Å²) < 4.78 is 4.76. The molecule has 0 spiro atoms. The number of methoxy groups -OCH3 is 1. The number of hydrogen-bond donors (Lipinski definition) is 2. The number of nitrogen functional groups attached to an aromatic ring is 1. The molecule has 2 aromatic rings. The fourth-order valence-electron chi connectivity index (χ4n) is 3.14. The summed E-state index contributed by atoms with van der Waals surface area (Å²) >= 11 is 0. The number of carbonyl (C=O) groups excluding carboxylic acids is 3. The van der Waals surface area contributed by atoms with E-state index in [2.05, 4.69) is 6.58 Å². The fraction of sp³-hybridized carbons (Fsp3) is 0.150. The summed E-state index contributed by atoms with van der Waals surface area (Å²) in [6.45, 7) is 3.91. The fourth-order valence-corrected chi connectivity index (χ4v) is 3.14. The van der Waals surface area contributed by atoms with E-state index in [1.165, 1.54) is 12.0 Å². The van der Waals surface area contributed by atoms with Crippen LogP contribution in [-0.2, 0) is 16.1 Å². The lowest BCUT2D eigenvalue weighted by atomic mass is 9.95. The Labute approximate surface area is 156 Å². The van der Waals surface area contributed by atoms with E-state index < -0.39 is 11.9 Å². The van der Waals surface area contributed by atoms with Gasteiger partial charge in [0.05, 0.1) is 24.8 Å². The Bertz CT molecular complexity index is 981. The number of carbonyl (C=O) groups is 3. The van der Waals surface area contributed by atoms with Gasteiger partial charge in [0, 0.05) is 17.8 Å². The Kier molecular flexibility index (Phi) is 4.68. The number of rotatable bonds is 5. The van der Waals surface area contributed by atoms with Gasteiger partial charge in [0.1, 0.15) is 0 Å². The van der Waals surface area contributed by atoms with Gasteiger partial charge in [0.25, 0.3) is 5.91 Å². The first-order valence-corrected chi connectivity index (χ1v) is 8.20. The lowest BCUT2D eigenvalue weighted by Gasteiger charge is -2.15. The smallest absolute Gasteiger partial charge is 0.337 e. The van der Waals surface area contributed by atoms with Crippen molar-refractivity contribution in [3.8, 4) is 11.1 Å². The molecule has 0 bridgehead atoms. The molecule has 138 valence electrons. The maximum absolute atomic E-state index is 12.8. The standard InChI is InChI=1S/C20H19N3O4/c1-11(18(22)24)9-23-10-15-14(6-7-16(21)17(15)19(23)25)12-4-3-5-13(8-12)20(26)27-2/h3-8H,1,9-10,21H2,2H3,(H2,22,24). The third kappa shape index (κ3) is 3.27. The number of benzene rings is 2. The molecule has 0 aliphatic carbocycles. The number of primary amides is 1. The molecule has 0 atom stereocenters. The second-order valence-corrected chi connectivity index (χ2v) is 6.26. The minimum absolute atomic E-state index is 0.0317. The van der Waals surface area contributed by atoms with Gasteiger partial charge < -0.3 is 21.1 Å². The van der Waals surface area contributed by atoms with Gasteiger partial charge in [-0.05, 0) is 34.9 Å². The number of esters is 1. The van der Waals surface area contributed by atoms with E-state index >= 15 is 0 Å². The lowest BCUT2D eigenvalue weighted by molar-refractivity contribution is -0.114. The molecule has 3 rings (SSSR count). The van der Waals surface area contributed by atoms with Crippen molar-refractivity contribution >= 4 is 23.5 Å². The van der Waals surface area contributed by atoms with Crippen LogP contribution in [0.4, 0.5) is 5.69 Å². The quantitative estimate of drug-likeness (QED) is 0.475. The summed E-state index contributed by atoms with van der Waals surface area (Å²) in [7, 11) is 1.32. The molecule has 4 N–H and O–H groups in total. The Morgan fingerprint density at radius 1 is 1.26 bits per heavy atom. The molecule has 27 heavy (non-hydrogen) atoms. The molecule has 1 heterocycles. The molecule has 0 unspecified atom stereocenters. The highest BCUT2D eigenvalue weighted by Gasteiger charge is 2.32. The van der Waals surface area contributed by atoms with Crippen molar-refractivity contribution in [2.45, 2.75) is 6.54 Å². The van der Waals surface area contributed by atoms with Crippen LogP contribution in [0.1, 0.15) is 26.3 Å². The average Bonchev–Trinajstić information content (AvgIpc) is 2.98. The van der Waals surface area contributed by atoms with Crippen molar-refractivity contribution in [2.75, 3.05) is 19.4 Å². The molecule has 0 radical (unpaired) electrons. The summed E-state index contributed by atoms with van der Waals surface area (Å²) in [6, 6.07) is 10.4. The van der Waals surface area contributed by atoms with Crippen molar-refractivity contribution in [1.29, 1.82) is 0 Å². The van der Waals surface area contributed by atoms with Crippen molar-refractivity contribution in [2.24, 2.45) is 5.73 Å². The zero-order chi connectivity index (χ0) is 19.7. The molecule has 0 saturated heterocycles. The van der Waals surface area contributed by atoms with Crippen LogP contribution >= 0.6 is 0 Å². The molecule has 7 nitrogen and oxygen atoms in total. The van der Waals surface area contributed by atoms with Gasteiger partial charge in [0.15, 0.2) is 0 Å². The normalized spacial score (nSPS) is 12.6. The zero-order valence-corrected chi connectivity index (χ0v) is 14.8. The first-order chi connectivity index (χ1) is 12.8. The topological polar surface area (TPSA) is 116 Å². The van der Waals surface area contributed by atoms with Crippen LogP contribution in [-0.4, -0.2) is 36.3 Å². The molecule has 0 fully saturated rings. The Balaban J connectivity index is 2.04. The maximum Gasteiger partial charge on any atom is 0.337 e. The van der Waals surface area contributed by atoms with Crippen molar-refractivity contribution in [3.63, 3.8) is 0 Å². The van der Waals surface area contributed by atoms with Crippen molar-refractivity contribution in [3.05, 3.63) is 65.2 Å². The van der Waals surface area contributed by atoms with Gasteiger partial charge in [0.2, 0.25) is 5.91 Å². The Morgan fingerprint density at radius 3 is 2.67 bits per heavy atom. The Morgan fingerprint density at radius 2 is 2.00 bits per heavy atom. The zero-order valence-electron chi connectivity index (χ0n) is 14.8. The minimum atomic E-state index is -0.655. The van der Waals surface area contributed by atoms with Crippen LogP contribution in [0.2, 0.25) is 0 Å². The van der Waals surface area contributed by atoms with Gasteiger partial charge in [-0.15, -0.1) is 0 Å². The summed E-state index contributed by atoms with van der Waals surface area (Å²) in [5.74, 6) is -1.38. The summed E-state index contributed by atoms with van der Waals surface area (Å²) in [5, 5.41) is 0. The number of ether oxygens (including phenoxy) is 1. The molecule has 1 aliphatic heterocycles. The number of nitrogens with two attached hydrogens (primary N) is 2. The number of fused-ring (bicyclic) bond motifs is 1. The highest BCUT2D eigenvalue weighted by atomic mass is 16.5. The monoisotopic (exact) mass is 365 g/mol. The van der Waals surface area contributed by atoms with Crippen LogP contribution < -0.4 is 11.5 Å². The molecule has 1 aliphatic rings. The summed E-state index contributed by atoms with van der Waals surface area (Å²) in [6.07, 6.45) is 0. The van der Waals surface area contributed by atoms with E-state index in [4.69, 9.17) is 16.2 Å². The maximum atomic E-state index is 12.8. The lowest BCUT2D eigenvalue weighted by Crippen LogP contribution is -2.30. The predicted molar refractivity (Wildman–Crippen MR) is 101 cm³/mol. The van der Waals surface area contributed by atoms with Crippen molar-refractivity contribution < 1.29 is 19.1 Å². The second-order valence-electron chi connectivity index (χ2n) is 6.26. The third-order valence-corrected chi connectivity index (χ3v) is 4.52. The first-order valence-electron chi connectivity index (χ1n) is 8.20. The van der Waals surface area contributed by atoms with Gasteiger partial charge in [-0.1, -0.05) is 24.8 Å². The number of hydrogen-bond acceptors (Lipinski definition) is 5. The highest BCUT2D eigenvalue weighted by Crippen LogP contribution is 2.36. The van der Waals surface area contributed by atoms with Crippen LogP contribution in [0.3, 0.4) is 0 Å². The summed E-state index contributed by atoms with van der Waals surface area (Å²) in [4.78, 5) is 37.3. The van der Waals surface area contributed by atoms with E-state index in [0.29, 0.717) is 16.8 Å². The molecular weight excluding hydrogens is 346 g/mol. The first kappa shape index (κ1) is 18.2. The van der Waals surface area contributed by atoms with Crippen LogP contribution in [0.5, 0.6) is 0 Å². The molecule has 2 aromatic carbocycles. The van der Waals surface area contributed by atoms with Gasteiger partial charge in [-0.25, -0.2) is 4.79 Å². The molecule has 0 saturated carbocycles. The second kappa shape index (κ2) is 6.95. The molecule has 7 heteroatoms. The van der Waals surface area contributed by atoms with E-state index in [1.807, 2.05) is 12.1 Å². The summed E-state index contributed by atoms with van der Waals surface area (Å²) in [5.41, 5.74) is 14.8. The molecule has 0 aromatic heterocycles. The third-order valence-electron chi connectivity index (χ3n) is 4.52. The van der Waals surface area contributed by atoms with Gasteiger partial charge >= 0.3 is 5.97 Å². The highest BCUT2D eigenvalue weighted by molar-refractivity contribution is 6.06. The minimum Gasteiger partial charge on any atom is -0.465 e. The van der Waals surface area contributed by atoms with Crippen LogP contribution in [0, 0.1) is 0 Å². The Hall–Kier alpha value is -3.61. The number of amides is 2. The largest absolute Gasteiger partial charge is 0.465 e. The molecular formula is C20H19N3O4. The van der Waals surface area contributed by atoms with E-state index in [1.54, 1.807) is 24.3 Å². The van der Waals surface area contributed by atoms with Gasteiger partial charge in [-0.2, -0.15) is 0 Å². The predicted octanol–water partition coefficient (Wildman–Crippen LogP) is 1.72. The average molecular weight is 365 g/mol. The van der Waals surface area contributed by atoms with E-state index in [9.17, 15) is 14.4 Å².